The number of hydrogen-bond acceptors (Lipinski definition) is 7. The third-order valence-electron chi connectivity index (χ3n) is 5.86. The van der Waals surface area contributed by atoms with E-state index in [-0.39, 0.29) is 22.7 Å². The van der Waals surface area contributed by atoms with Crippen molar-refractivity contribution in [3.63, 3.8) is 0 Å². The number of nitro groups is 1. The number of benzene rings is 1. The number of ketones is 1. The van der Waals surface area contributed by atoms with Crippen molar-refractivity contribution in [2.45, 2.75) is 51.4 Å². The SMILES string of the molecule is CC(C)(C)c1ccc(C2C(C#N)=C(N)N(c3cccc([N+](=O)[O-])c3)C3=C2C(=O)CCC3)s1. The van der Waals surface area contributed by atoms with Crippen LogP contribution in [0.2, 0.25) is 0 Å². The summed E-state index contributed by atoms with van der Waals surface area (Å²) in [5.41, 5.74) is 8.50. The minimum atomic E-state index is -0.515. The average Bonchev–Trinajstić information content (AvgIpc) is 3.23. The number of non-ortho nitro benzene ring substituents is 1. The molecule has 1 unspecified atom stereocenters. The van der Waals surface area contributed by atoms with Gasteiger partial charge in [-0.2, -0.15) is 5.26 Å². The molecule has 2 N–H and O–H groups in total. The smallest absolute Gasteiger partial charge is 0.271 e. The van der Waals surface area contributed by atoms with Gasteiger partial charge in [0, 0.05) is 39.6 Å². The number of nitro benzene ring substituents is 1. The van der Waals surface area contributed by atoms with Crippen LogP contribution in [0.4, 0.5) is 11.4 Å². The van der Waals surface area contributed by atoms with Crippen LogP contribution in [0.5, 0.6) is 0 Å². The summed E-state index contributed by atoms with van der Waals surface area (Å²) in [6.07, 6.45) is 1.69. The highest BCUT2D eigenvalue weighted by Gasteiger charge is 2.41. The lowest BCUT2D eigenvalue weighted by Gasteiger charge is -2.39. The van der Waals surface area contributed by atoms with Gasteiger partial charge in [0.05, 0.1) is 28.2 Å². The van der Waals surface area contributed by atoms with Crippen molar-refractivity contribution in [2.75, 3.05) is 4.90 Å². The molecule has 32 heavy (non-hydrogen) atoms. The highest BCUT2D eigenvalue weighted by molar-refractivity contribution is 7.12. The third kappa shape index (κ3) is 3.59. The van der Waals surface area contributed by atoms with Crippen molar-refractivity contribution < 1.29 is 9.72 Å². The van der Waals surface area contributed by atoms with Gasteiger partial charge in [-0.15, -0.1) is 11.3 Å². The molecule has 4 rings (SSSR count). The molecule has 0 bridgehead atoms. The molecule has 7 nitrogen and oxygen atoms in total. The molecule has 1 aromatic heterocycles. The summed E-state index contributed by atoms with van der Waals surface area (Å²) in [7, 11) is 0. The van der Waals surface area contributed by atoms with Gasteiger partial charge >= 0.3 is 0 Å². The maximum atomic E-state index is 13.2. The van der Waals surface area contributed by atoms with Crippen molar-refractivity contribution in [2.24, 2.45) is 5.73 Å². The number of carbonyl (C=O) groups is 1. The quantitative estimate of drug-likeness (QED) is 0.506. The first kappa shape index (κ1) is 21.8. The van der Waals surface area contributed by atoms with E-state index < -0.39 is 10.8 Å². The first-order valence-corrected chi connectivity index (χ1v) is 11.3. The van der Waals surface area contributed by atoms with Gasteiger partial charge in [0.15, 0.2) is 5.78 Å². The number of Topliss-reactive ketones (excluding diaryl/α,β-unsaturated/α-hetero) is 1. The largest absolute Gasteiger partial charge is 0.384 e. The van der Waals surface area contributed by atoms with Gasteiger partial charge in [0.2, 0.25) is 0 Å². The Morgan fingerprint density at radius 1 is 1.25 bits per heavy atom. The Morgan fingerprint density at radius 2 is 2.00 bits per heavy atom. The number of nitriles is 1. The zero-order valence-corrected chi connectivity index (χ0v) is 19.0. The molecule has 1 aliphatic heterocycles. The first-order valence-electron chi connectivity index (χ1n) is 10.4. The monoisotopic (exact) mass is 448 g/mol. The lowest BCUT2D eigenvalue weighted by atomic mass is 9.78. The van der Waals surface area contributed by atoms with E-state index in [0.717, 1.165) is 15.5 Å². The second kappa shape index (κ2) is 7.92. The summed E-state index contributed by atoms with van der Waals surface area (Å²) >= 11 is 1.59. The Labute approximate surface area is 190 Å². The van der Waals surface area contributed by atoms with E-state index in [4.69, 9.17) is 5.73 Å². The van der Waals surface area contributed by atoms with Gasteiger partial charge < -0.3 is 5.73 Å². The van der Waals surface area contributed by atoms with E-state index in [0.29, 0.717) is 36.1 Å². The minimum absolute atomic E-state index is 0.00219. The minimum Gasteiger partial charge on any atom is -0.384 e. The van der Waals surface area contributed by atoms with Crippen LogP contribution in [0.1, 0.15) is 55.7 Å². The van der Waals surface area contributed by atoms with Crippen LogP contribution in [-0.4, -0.2) is 10.7 Å². The highest BCUT2D eigenvalue weighted by Crippen LogP contribution is 2.48. The predicted octanol–water partition coefficient (Wildman–Crippen LogP) is 5.26. The molecular weight excluding hydrogens is 424 g/mol. The van der Waals surface area contributed by atoms with Crippen LogP contribution in [0.15, 0.2) is 59.1 Å². The standard InChI is InChI=1S/C24H24N4O3S/c1-24(2,3)20-11-10-19(32-20)21-16(13-25)23(26)27(17-8-5-9-18(29)22(17)21)14-6-4-7-15(12-14)28(30)31/h4,6-7,10-12,21H,5,8-9,26H2,1-3H3. The fourth-order valence-corrected chi connectivity index (χ4v) is 5.51. The average molecular weight is 449 g/mol. The normalized spacial score (nSPS) is 19.1. The summed E-state index contributed by atoms with van der Waals surface area (Å²) in [5, 5.41) is 21.4. The predicted molar refractivity (Wildman–Crippen MR) is 124 cm³/mol. The number of nitrogens with zero attached hydrogens (tertiary/aromatic N) is 3. The van der Waals surface area contributed by atoms with E-state index >= 15 is 0 Å². The topological polar surface area (TPSA) is 113 Å². The van der Waals surface area contributed by atoms with E-state index in [1.54, 1.807) is 28.4 Å². The Morgan fingerprint density at radius 3 is 2.62 bits per heavy atom. The molecule has 0 amide bonds. The van der Waals surface area contributed by atoms with Gasteiger partial charge in [0.1, 0.15) is 5.82 Å². The van der Waals surface area contributed by atoms with E-state index in [9.17, 15) is 20.2 Å². The van der Waals surface area contributed by atoms with Crippen LogP contribution in [0.25, 0.3) is 0 Å². The van der Waals surface area contributed by atoms with Crippen molar-refractivity contribution >= 4 is 28.5 Å². The number of rotatable bonds is 3. The van der Waals surface area contributed by atoms with E-state index in [2.05, 4.69) is 26.8 Å². The van der Waals surface area contributed by atoms with Crippen LogP contribution in [0, 0.1) is 21.4 Å². The fraction of sp³-hybridized carbons (Fsp3) is 0.333. The third-order valence-corrected chi connectivity index (χ3v) is 7.44. The summed E-state index contributed by atoms with van der Waals surface area (Å²) < 4.78 is 0. The van der Waals surface area contributed by atoms with E-state index in [1.807, 2.05) is 12.1 Å². The van der Waals surface area contributed by atoms with Crippen molar-refractivity contribution in [3.8, 4) is 6.07 Å². The number of anilines is 1. The molecule has 2 heterocycles. The van der Waals surface area contributed by atoms with Crippen molar-refractivity contribution in [1.29, 1.82) is 5.26 Å². The second-order valence-electron chi connectivity index (χ2n) is 9.05. The van der Waals surface area contributed by atoms with Crippen LogP contribution in [-0.2, 0) is 10.2 Å². The summed E-state index contributed by atoms with van der Waals surface area (Å²) in [6, 6.07) is 12.4. The van der Waals surface area contributed by atoms with Gasteiger partial charge in [-0.25, -0.2) is 0 Å². The van der Waals surface area contributed by atoms with Crippen molar-refractivity contribution in [3.05, 3.63) is 78.9 Å². The van der Waals surface area contributed by atoms with Gasteiger partial charge in [-0.1, -0.05) is 26.8 Å². The first-order chi connectivity index (χ1) is 15.1. The molecule has 164 valence electrons. The number of nitrogens with two attached hydrogens (primary N) is 1. The molecule has 0 radical (unpaired) electrons. The van der Waals surface area contributed by atoms with Crippen LogP contribution >= 0.6 is 11.3 Å². The zero-order chi connectivity index (χ0) is 23.2. The Hall–Kier alpha value is -3.44. The number of thiophene rings is 1. The van der Waals surface area contributed by atoms with E-state index in [1.165, 1.54) is 12.1 Å². The maximum Gasteiger partial charge on any atom is 0.271 e. The molecule has 1 aliphatic carbocycles. The molecule has 0 fully saturated rings. The van der Waals surface area contributed by atoms with Gasteiger partial charge in [0.25, 0.3) is 5.69 Å². The molecule has 0 spiro atoms. The molecule has 8 heteroatoms. The molecule has 1 atom stereocenters. The maximum absolute atomic E-state index is 13.2. The Kier molecular flexibility index (Phi) is 5.39. The van der Waals surface area contributed by atoms with Crippen LogP contribution in [0.3, 0.4) is 0 Å². The highest BCUT2D eigenvalue weighted by atomic mass is 32.1. The molecule has 1 aromatic carbocycles. The number of hydrogen-bond donors (Lipinski definition) is 1. The second-order valence-corrected chi connectivity index (χ2v) is 10.2. The van der Waals surface area contributed by atoms with Gasteiger partial charge in [-0.05, 0) is 36.5 Å². The molecule has 0 saturated carbocycles. The van der Waals surface area contributed by atoms with Crippen LogP contribution < -0.4 is 10.6 Å². The summed E-state index contributed by atoms with van der Waals surface area (Å²) in [5.74, 6) is -0.298. The summed E-state index contributed by atoms with van der Waals surface area (Å²) in [6.45, 7) is 6.37. The van der Waals surface area contributed by atoms with Crippen molar-refractivity contribution in [1.82, 2.24) is 0 Å². The molecule has 2 aromatic rings. The molecule has 2 aliphatic rings. The Bertz CT molecular complexity index is 1230. The Balaban J connectivity index is 1.93. The summed E-state index contributed by atoms with van der Waals surface area (Å²) in [4.78, 5) is 27.8. The lowest BCUT2D eigenvalue weighted by molar-refractivity contribution is -0.384. The molecular formula is C24H24N4O3S. The number of carbonyl (C=O) groups excluding carboxylic acids is 1. The fourth-order valence-electron chi connectivity index (χ4n) is 4.32. The number of allylic oxidation sites excluding steroid dienone is 3. The van der Waals surface area contributed by atoms with Gasteiger partial charge in [-0.3, -0.25) is 19.8 Å². The molecule has 0 saturated heterocycles. The zero-order valence-electron chi connectivity index (χ0n) is 18.2. The lowest BCUT2D eigenvalue weighted by Crippen LogP contribution is -2.38.